The molecule has 40 heavy (non-hydrogen) atoms. The van der Waals surface area contributed by atoms with E-state index in [1.165, 1.54) is 35.4 Å². The number of sulfone groups is 1. The molecule has 0 atom stereocenters. The van der Waals surface area contributed by atoms with Gasteiger partial charge in [0.25, 0.3) is 5.91 Å². The van der Waals surface area contributed by atoms with Crippen LogP contribution in [0.2, 0.25) is 0 Å². The van der Waals surface area contributed by atoms with E-state index in [2.05, 4.69) is 18.5 Å². The largest absolute Gasteiger partial charge is 0.343 e. The maximum absolute atomic E-state index is 12.4. The van der Waals surface area contributed by atoms with Crippen molar-refractivity contribution < 1.29 is 22.4 Å². The summed E-state index contributed by atoms with van der Waals surface area (Å²) < 4.78 is 35.2. The zero-order valence-corrected chi connectivity index (χ0v) is 24.5. The van der Waals surface area contributed by atoms with Gasteiger partial charge in [0.1, 0.15) is 5.82 Å². The first-order valence-electron chi connectivity index (χ1n) is 13.3. The molecule has 218 valence electrons. The average Bonchev–Trinajstić information content (AvgIpc) is 3.74. The molecule has 2 amide bonds. The summed E-state index contributed by atoms with van der Waals surface area (Å²) in [5.41, 5.74) is 9.04. The van der Waals surface area contributed by atoms with Gasteiger partial charge in [-0.25, -0.2) is 12.8 Å². The van der Waals surface area contributed by atoms with Gasteiger partial charge >= 0.3 is 0 Å². The fraction of sp³-hybridized carbons (Fsp3) is 0.400. The number of hydrogen-bond donors (Lipinski definition) is 2. The van der Waals surface area contributed by atoms with Crippen molar-refractivity contribution >= 4 is 27.3 Å². The van der Waals surface area contributed by atoms with Gasteiger partial charge < -0.3 is 20.9 Å². The second-order valence-electron chi connectivity index (χ2n) is 9.80. The van der Waals surface area contributed by atoms with Gasteiger partial charge in [-0.15, -0.1) is 0 Å². The minimum absolute atomic E-state index is 0.0317. The van der Waals surface area contributed by atoms with Crippen LogP contribution in [0.5, 0.6) is 0 Å². The molecule has 2 aliphatic rings. The maximum atomic E-state index is 12.4. The molecule has 1 aliphatic heterocycles. The fourth-order valence-electron chi connectivity index (χ4n) is 4.01. The van der Waals surface area contributed by atoms with Crippen molar-refractivity contribution in [3.8, 4) is 0 Å². The van der Waals surface area contributed by atoms with E-state index in [4.69, 9.17) is 5.73 Å². The van der Waals surface area contributed by atoms with Crippen LogP contribution in [-0.4, -0.2) is 62.8 Å². The first-order valence-corrected chi connectivity index (χ1v) is 15.1. The molecule has 0 radical (unpaired) electrons. The van der Waals surface area contributed by atoms with Gasteiger partial charge in [0.2, 0.25) is 5.91 Å². The molecule has 0 spiro atoms. The number of nitrogens with zero attached hydrogens (tertiary/aromatic N) is 2. The quantitative estimate of drug-likeness (QED) is 0.514. The Kier molecular flexibility index (Phi) is 12.5. The van der Waals surface area contributed by atoms with Gasteiger partial charge in [0, 0.05) is 35.7 Å². The predicted octanol–water partition coefficient (Wildman–Crippen LogP) is 4.22. The number of benzene rings is 2. The molecule has 8 nitrogen and oxygen atoms in total. The third-order valence-corrected chi connectivity index (χ3v) is 7.78. The Bertz CT molecular complexity index is 1250. The lowest BCUT2D eigenvalue weighted by molar-refractivity contribution is -0.129. The summed E-state index contributed by atoms with van der Waals surface area (Å²) in [6.45, 7) is 14.4. The first-order chi connectivity index (χ1) is 18.9. The molecule has 2 aromatic rings. The third-order valence-electron chi connectivity index (χ3n) is 6.17. The van der Waals surface area contributed by atoms with Crippen molar-refractivity contribution in [3.63, 3.8) is 0 Å². The van der Waals surface area contributed by atoms with Crippen LogP contribution >= 0.6 is 0 Å². The number of halogens is 1. The van der Waals surface area contributed by atoms with E-state index in [0.29, 0.717) is 5.56 Å². The molecule has 1 saturated heterocycles. The molecule has 4 rings (SSSR count). The zero-order chi connectivity index (χ0) is 29.9. The van der Waals surface area contributed by atoms with Crippen molar-refractivity contribution in [1.29, 1.82) is 0 Å². The monoisotopic (exact) mass is 572 g/mol. The standard InChI is InChI=1S/C19H25N3O4S.C9H9F.C2H7N/c1-14(2)22(15(3)4)17-7-5-16(6-8-17)19(24)20-13-18(23)21-9-11-27(25,26)12-10-21;10-9-5-3-8(4-6-9)7-1-2-7;1-2-3/h5-8H,1,3,9-13H2,2,4H3,(H,20,24);3-7H,1-2H2;2-3H2,1H3. The summed E-state index contributed by atoms with van der Waals surface area (Å²) in [7, 11) is -3.04. The molecule has 2 aromatic carbocycles. The minimum atomic E-state index is -3.04. The second-order valence-corrected chi connectivity index (χ2v) is 12.1. The van der Waals surface area contributed by atoms with E-state index in [1.807, 2.05) is 37.8 Å². The highest BCUT2D eigenvalue weighted by molar-refractivity contribution is 7.91. The molecule has 1 aliphatic carbocycles. The van der Waals surface area contributed by atoms with Gasteiger partial charge in [0.05, 0.1) is 18.1 Å². The van der Waals surface area contributed by atoms with Crippen LogP contribution in [-0.2, 0) is 14.6 Å². The van der Waals surface area contributed by atoms with E-state index >= 15 is 0 Å². The van der Waals surface area contributed by atoms with Crippen LogP contribution in [0.1, 0.15) is 55.5 Å². The lowest BCUT2D eigenvalue weighted by Gasteiger charge is -2.26. The Balaban J connectivity index is 0.000000352. The summed E-state index contributed by atoms with van der Waals surface area (Å²) in [5, 5.41) is 2.58. The lowest BCUT2D eigenvalue weighted by Crippen LogP contribution is -2.47. The molecule has 3 N–H and O–H groups in total. The van der Waals surface area contributed by atoms with Crippen LogP contribution in [0.4, 0.5) is 10.1 Å². The van der Waals surface area contributed by atoms with Gasteiger partial charge in [-0.2, -0.15) is 0 Å². The minimum Gasteiger partial charge on any atom is -0.343 e. The number of hydrogen-bond acceptors (Lipinski definition) is 6. The van der Waals surface area contributed by atoms with Gasteiger partial charge in [-0.3, -0.25) is 9.59 Å². The van der Waals surface area contributed by atoms with Crippen LogP contribution in [0.15, 0.2) is 73.1 Å². The highest BCUT2D eigenvalue weighted by atomic mass is 32.2. The first kappa shape index (κ1) is 32.7. The Labute approximate surface area is 237 Å². The Hall–Kier alpha value is -3.50. The number of rotatable bonds is 7. The van der Waals surface area contributed by atoms with Crippen LogP contribution < -0.4 is 16.0 Å². The van der Waals surface area contributed by atoms with Crippen LogP contribution in [0.3, 0.4) is 0 Å². The van der Waals surface area contributed by atoms with Crippen molar-refractivity contribution in [2.24, 2.45) is 5.73 Å². The molecular weight excluding hydrogens is 531 g/mol. The van der Waals surface area contributed by atoms with E-state index < -0.39 is 9.84 Å². The highest BCUT2D eigenvalue weighted by Gasteiger charge is 2.25. The smallest absolute Gasteiger partial charge is 0.251 e. The summed E-state index contributed by atoms with van der Waals surface area (Å²) >= 11 is 0. The molecule has 1 saturated carbocycles. The topological polar surface area (TPSA) is 113 Å². The highest BCUT2D eigenvalue weighted by Crippen LogP contribution is 2.39. The van der Waals surface area contributed by atoms with Gasteiger partial charge in [-0.05, 0) is 81.1 Å². The van der Waals surface area contributed by atoms with Crippen molar-refractivity contribution in [3.05, 3.63) is 90.0 Å². The van der Waals surface area contributed by atoms with E-state index in [9.17, 15) is 22.4 Å². The van der Waals surface area contributed by atoms with Crippen molar-refractivity contribution in [2.45, 2.75) is 39.5 Å². The molecule has 10 heteroatoms. The Morgan fingerprint density at radius 3 is 1.95 bits per heavy atom. The average molecular weight is 573 g/mol. The number of carbonyl (C=O) groups excluding carboxylic acids is 2. The molecule has 2 fully saturated rings. The number of nitrogens with two attached hydrogens (primary N) is 1. The summed E-state index contributed by atoms with van der Waals surface area (Å²) in [6, 6.07) is 13.7. The molecular formula is C30H41FN4O4S. The predicted molar refractivity (Wildman–Crippen MR) is 159 cm³/mol. The van der Waals surface area contributed by atoms with E-state index in [-0.39, 0.29) is 48.8 Å². The van der Waals surface area contributed by atoms with Gasteiger partial charge in [-0.1, -0.05) is 32.2 Å². The number of carbonyl (C=O) groups is 2. The number of nitrogens with one attached hydrogen (secondary N) is 1. The zero-order valence-electron chi connectivity index (χ0n) is 23.7. The Morgan fingerprint density at radius 1 is 1.00 bits per heavy atom. The summed E-state index contributed by atoms with van der Waals surface area (Å²) in [5.74, 6) is -0.112. The van der Waals surface area contributed by atoms with E-state index in [1.54, 1.807) is 24.3 Å². The number of anilines is 1. The Morgan fingerprint density at radius 2 is 1.50 bits per heavy atom. The second kappa shape index (κ2) is 15.3. The SMILES string of the molecule is C=C(C)N(C(=C)C)c1ccc(C(=O)NCC(=O)N2CCS(=O)(=O)CC2)cc1.CCN.Fc1ccc(C2CC2)cc1. The normalized spacial score (nSPS) is 15.4. The van der Waals surface area contributed by atoms with Gasteiger partial charge in [0.15, 0.2) is 9.84 Å². The lowest BCUT2D eigenvalue weighted by atomic mass is 10.1. The molecule has 0 aromatic heterocycles. The number of allylic oxidation sites excluding steroid dienone is 2. The third kappa shape index (κ3) is 10.6. The van der Waals surface area contributed by atoms with Crippen molar-refractivity contribution in [1.82, 2.24) is 10.2 Å². The van der Waals surface area contributed by atoms with Crippen molar-refractivity contribution in [2.75, 3.05) is 42.6 Å². The molecule has 1 heterocycles. The summed E-state index contributed by atoms with van der Waals surface area (Å²) in [6.07, 6.45) is 2.57. The fourth-order valence-corrected chi connectivity index (χ4v) is 5.21. The summed E-state index contributed by atoms with van der Waals surface area (Å²) in [4.78, 5) is 27.7. The van der Waals surface area contributed by atoms with Crippen LogP contribution in [0.25, 0.3) is 0 Å². The molecule has 0 bridgehead atoms. The maximum Gasteiger partial charge on any atom is 0.251 e. The van der Waals surface area contributed by atoms with E-state index in [0.717, 1.165) is 29.5 Å². The molecule has 0 unspecified atom stereocenters. The number of amides is 2. The van der Waals surface area contributed by atoms with Crippen LogP contribution in [0, 0.1) is 5.82 Å².